The molecule has 0 bridgehead atoms. The van der Waals surface area contributed by atoms with Crippen LogP contribution in [0.3, 0.4) is 0 Å². The van der Waals surface area contributed by atoms with E-state index in [0.29, 0.717) is 0 Å². The molecule has 1 saturated heterocycles. The van der Waals surface area contributed by atoms with E-state index >= 15 is 0 Å². The van der Waals surface area contributed by atoms with Crippen molar-refractivity contribution in [3.05, 3.63) is 29.8 Å². The van der Waals surface area contributed by atoms with E-state index in [-0.39, 0.29) is 6.61 Å². The van der Waals surface area contributed by atoms with Crippen molar-refractivity contribution in [2.75, 3.05) is 32.8 Å². The molecule has 1 aliphatic rings. The van der Waals surface area contributed by atoms with E-state index in [1.54, 1.807) is 0 Å². The van der Waals surface area contributed by atoms with E-state index in [1.807, 2.05) is 24.3 Å². The van der Waals surface area contributed by atoms with Gasteiger partial charge in [-0.1, -0.05) is 19.1 Å². The zero-order valence-corrected chi connectivity index (χ0v) is 12.1. The van der Waals surface area contributed by atoms with Gasteiger partial charge >= 0.3 is 0 Å². The number of nitriles is 1. The molecule has 1 aromatic rings. The van der Waals surface area contributed by atoms with E-state index < -0.39 is 0 Å². The van der Waals surface area contributed by atoms with Crippen LogP contribution in [0.2, 0.25) is 0 Å². The van der Waals surface area contributed by atoms with Crippen LogP contribution >= 0.6 is 0 Å². The van der Waals surface area contributed by atoms with Gasteiger partial charge in [-0.15, -0.1) is 0 Å². The highest BCUT2D eigenvalue weighted by atomic mass is 16.5. The van der Waals surface area contributed by atoms with Crippen molar-refractivity contribution in [3.8, 4) is 11.8 Å². The molecule has 1 unspecified atom stereocenters. The normalized spacial score (nSPS) is 18.9. The molecule has 4 nitrogen and oxygen atoms in total. The molecular weight excluding hydrogens is 250 g/mol. The van der Waals surface area contributed by atoms with Gasteiger partial charge in [0.2, 0.25) is 0 Å². The van der Waals surface area contributed by atoms with Gasteiger partial charge in [-0.25, -0.2) is 0 Å². The minimum Gasteiger partial charge on any atom is -0.479 e. The van der Waals surface area contributed by atoms with Gasteiger partial charge in [0.15, 0.2) is 6.61 Å². The standard InChI is InChI=1S/C16H23N3O/c1-2-19-8-6-15(13-19)12-18-11-14-4-3-5-16(10-14)20-9-7-17/h3-5,10,15,18H,2,6,8-9,11-13H2,1H3. The maximum atomic E-state index is 8.51. The summed E-state index contributed by atoms with van der Waals surface area (Å²) in [7, 11) is 0. The Labute approximate surface area is 121 Å². The van der Waals surface area contributed by atoms with Crippen LogP contribution in [-0.4, -0.2) is 37.7 Å². The third-order valence-corrected chi connectivity index (χ3v) is 3.78. The number of nitrogens with zero attached hydrogens (tertiary/aromatic N) is 2. The Bertz CT molecular complexity index is 455. The summed E-state index contributed by atoms with van der Waals surface area (Å²) < 4.78 is 5.31. The first-order valence-corrected chi connectivity index (χ1v) is 7.33. The molecule has 0 amide bonds. The zero-order valence-electron chi connectivity index (χ0n) is 12.1. The molecule has 0 radical (unpaired) electrons. The van der Waals surface area contributed by atoms with Gasteiger partial charge in [0, 0.05) is 13.1 Å². The predicted octanol–water partition coefficient (Wildman–Crippen LogP) is 2.02. The maximum absolute atomic E-state index is 8.51. The lowest BCUT2D eigenvalue weighted by molar-refractivity contribution is 0.339. The van der Waals surface area contributed by atoms with Crippen LogP contribution < -0.4 is 10.1 Å². The fourth-order valence-electron chi connectivity index (χ4n) is 2.65. The first kappa shape index (κ1) is 14.8. The van der Waals surface area contributed by atoms with Gasteiger partial charge in [0.25, 0.3) is 0 Å². The van der Waals surface area contributed by atoms with Crippen molar-refractivity contribution < 1.29 is 4.74 Å². The van der Waals surface area contributed by atoms with E-state index in [9.17, 15) is 0 Å². The SMILES string of the molecule is CCN1CCC(CNCc2cccc(OCC#N)c2)C1. The van der Waals surface area contributed by atoms with Gasteiger partial charge in [0.1, 0.15) is 11.8 Å². The van der Waals surface area contributed by atoms with Crippen LogP contribution in [0.15, 0.2) is 24.3 Å². The fourth-order valence-corrected chi connectivity index (χ4v) is 2.65. The van der Waals surface area contributed by atoms with Gasteiger partial charge < -0.3 is 15.0 Å². The van der Waals surface area contributed by atoms with Gasteiger partial charge in [0.05, 0.1) is 0 Å². The fraction of sp³-hybridized carbons (Fsp3) is 0.562. The molecule has 0 aromatic heterocycles. The number of hydrogen-bond acceptors (Lipinski definition) is 4. The highest BCUT2D eigenvalue weighted by molar-refractivity contribution is 5.28. The van der Waals surface area contributed by atoms with E-state index in [0.717, 1.165) is 31.3 Å². The highest BCUT2D eigenvalue weighted by Crippen LogP contribution is 2.16. The topological polar surface area (TPSA) is 48.3 Å². The summed E-state index contributed by atoms with van der Waals surface area (Å²) >= 11 is 0. The minimum atomic E-state index is 0.103. The first-order chi connectivity index (χ1) is 9.81. The second-order valence-corrected chi connectivity index (χ2v) is 5.27. The van der Waals surface area contributed by atoms with Crippen LogP contribution in [0.1, 0.15) is 18.9 Å². The number of benzene rings is 1. The van der Waals surface area contributed by atoms with Crippen molar-refractivity contribution in [3.63, 3.8) is 0 Å². The summed E-state index contributed by atoms with van der Waals surface area (Å²) in [4.78, 5) is 2.50. The molecule has 1 atom stereocenters. The molecule has 4 heteroatoms. The average molecular weight is 273 g/mol. The molecule has 20 heavy (non-hydrogen) atoms. The van der Waals surface area contributed by atoms with Gasteiger partial charge in [-0.05, 0) is 49.7 Å². The Morgan fingerprint density at radius 1 is 1.50 bits per heavy atom. The molecule has 0 saturated carbocycles. The Balaban J connectivity index is 1.73. The number of hydrogen-bond donors (Lipinski definition) is 1. The monoisotopic (exact) mass is 273 g/mol. The van der Waals surface area contributed by atoms with Crippen LogP contribution in [-0.2, 0) is 6.54 Å². The van der Waals surface area contributed by atoms with Crippen molar-refractivity contribution in [1.82, 2.24) is 10.2 Å². The molecule has 1 aliphatic heterocycles. The molecular formula is C16H23N3O. The molecule has 2 rings (SSSR count). The molecule has 1 N–H and O–H groups in total. The lowest BCUT2D eigenvalue weighted by Crippen LogP contribution is -2.26. The smallest absolute Gasteiger partial charge is 0.174 e. The third-order valence-electron chi connectivity index (χ3n) is 3.78. The van der Waals surface area contributed by atoms with Crippen LogP contribution in [0, 0.1) is 17.2 Å². The predicted molar refractivity (Wildman–Crippen MR) is 79.5 cm³/mol. The van der Waals surface area contributed by atoms with Crippen molar-refractivity contribution >= 4 is 0 Å². The summed E-state index contributed by atoms with van der Waals surface area (Å²) in [5.41, 5.74) is 1.20. The lowest BCUT2D eigenvalue weighted by atomic mass is 10.1. The van der Waals surface area contributed by atoms with Crippen LogP contribution in [0.25, 0.3) is 0 Å². The quantitative estimate of drug-likeness (QED) is 0.825. The third kappa shape index (κ3) is 4.52. The van der Waals surface area contributed by atoms with Crippen LogP contribution in [0.4, 0.5) is 0 Å². The summed E-state index contributed by atoms with van der Waals surface area (Å²) in [6.45, 7) is 7.87. The van der Waals surface area contributed by atoms with Crippen molar-refractivity contribution in [2.45, 2.75) is 19.9 Å². The summed E-state index contributed by atoms with van der Waals surface area (Å²) in [5, 5.41) is 12.0. The van der Waals surface area contributed by atoms with E-state index in [4.69, 9.17) is 10.00 Å². The number of nitrogens with one attached hydrogen (secondary N) is 1. The Hall–Kier alpha value is -1.57. The zero-order chi connectivity index (χ0) is 14.2. The Morgan fingerprint density at radius 3 is 3.15 bits per heavy atom. The summed E-state index contributed by atoms with van der Waals surface area (Å²) in [5.74, 6) is 1.54. The molecule has 108 valence electrons. The molecule has 1 fully saturated rings. The van der Waals surface area contributed by atoms with Crippen molar-refractivity contribution in [1.29, 1.82) is 5.26 Å². The minimum absolute atomic E-state index is 0.103. The van der Waals surface area contributed by atoms with E-state index in [1.165, 1.54) is 25.1 Å². The Kier molecular flexibility index (Phi) is 5.85. The van der Waals surface area contributed by atoms with Gasteiger partial charge in [-0.2, -0.15) is 5.26 Å². The maximum Gasteiger partial charge on any atom is 0.174 e. The largest absolute Gasteiger partial charge is 0.479 e. The molecule has 1 aromatic carbocycles. The molecule has 1 heterocycles. The van der Waals surface area contributed by atoms with E-state index in [2.05, 4.69) is 23.2 Å². The van der Waals surface area contributed by atoms with Crippen molar-refractivity contribution in [2.24, 2.45) is 5.92 Å². The molecule has 0 aliphatic carbocycles. The Morgan fingerprint density at radius 2 is 2.40 bits per heavy atom. The second-order valence-electron chi connectivity index (χ2n) is 5.27. The summed E-state index contributed by atoms with van der Waals surface area (Å²) in [6.07, 6.45) is 1.30. The number of likely N-dealkylation sites (tertiary alicyclic amines) is 1. The lowest BCUT2D eigenvalue weighted by Gasteiger charge is -2.14. The molecule has 0 spiro atoms. The second kappa shape index (κ2) is 7.88. The average Bonchev–Trinajstić information content (AvgIpc) is 2.93. The van der Waals surface area contributed by atoms with Gasteiger partial charge in [-0.3, -0.25) is 0 Å². The first-order valence-electron chi connectivity index (χ1n) is 7.33. The number of rotatable bonds is 7. The van der Waals surface area contributed by atoms with Crippen LogP contribution in [0.5, 0.6) is 5.75 Å². The highest BCUT2D eigenvalue weighted by Gasteiger charge is 2.20. The summed E-state index contributed by atoms with van der Waals surface area (Å²) in [6, 6.07) is 9.92. The number of ether oxygens (including phenoxy) is 1.